The molecule has 6 nitrogen and oxygen atoms in total. The van der Waals surface area contributed by atoms with Crippen molar-refractivity contribution in [2.45, 2.75) is 26.2 Å². The minimum absolute atomic E-state index is 0. The molecule has 0 saturated heterocycles. The first-order valence-electron chi connectivity index (χ1n) is 4.36. The molecule has 14 heteroatoms. The van der Waals surface area contributed by atoms with Crippen LogP contribution in [0.25, 0.3) is 0 Å². The van der Waals surface area contributed by atoms with Crippen LogP contribution in [0.5, 0.6) is 0 Å². The number of hydrogen-bond acceptors (Lipinski definition) is 6. The molecule has 23 heavy (non-hydrogen) atoms. The fourth-order valence-corrected chi connectivity index (χ4v) is 0.248. The Morgan fingerprint density at radius 3 is 0.913 bits per heavy atom. The predicted octanol–water partition coefficient (Wildman–Crippen LogP) is -1.77. The number of carbonyl (C=O) groups is 3. The molecule has 0 rings (SSSR count). The Bertz CT molecular complexity index is 376. The van der Waals surface area contributed by atoms with Crippen LogP contribution < -0.4 is 15.3 Å². The number of aliphatic carboxylic acids is 2. The van der Waals surface area contributed by atoms with E-state index in [0.29, 0.717) is 0 Å². The SMILES string of the molecule is CC(=O)[C+]=C(C)[O-].O=C([O-])C(F)(F)F.O=C([O-])C(F)(F)F.[Hg+].[Hg+]. The van der Waals surface area contributed by atoms with Gasteiger partial charge in [0.25, 0.3) is 6.08 Å². The summed E-state index contributed by atoms with van der Waals surface area (Å²) < 4.78 is 63.1. The topological polar surface area (TPSA) is 120 Å². The van der Waals surface area contributed by atoms with Crippen LogP contribution in [-0.4, -0.2) is 30.1 Å². The third-order valence-electron chi connectivity index (χ3n) is 0.815. The van der Waals surface area contributed by atoms with Crippen LogP contribution in [0, 0.1) is 6.08 Å². The molecular weight excluding hydrogens is 719 g/mol. The van der Waals surface area contributed by atoms with E-state index in [9.17, 15) is 36.2 Å². The first kappa shape index (κ1) is 34.0. The van der Waals surface area contributed by atoms with E-state index in [1.54, 1.807) is 0 Å². The van der Waals surface area contributed by atoms with E-state index in [2.05, 4.69) is 0 Å². The summed E-state index contributed by atoms with van der Waals surface area (Å²) in [5.41, 5.74) is 0. The van der Waals surface area contributed by atoms with Gasteiger partial charge in [-0.15, -0.1) is 0 Å². The minimum atomic E-state index is -5.19. The van der Waals surface area contributed by atoms with Crippen molar-refractivity contribution in [2.24, 2.45) is 0 Å². The average Bonchev–Trinajstić information content (AvgIpc) is 2.13. The van der Waals surface area contributed by atoms with Crippen LogP contribution in [0.3, 0.4) is 0 Å². The zero-order valence-corrected chi connectivity index (χ0v) is 22.6. The number of carboxylic acid groups (broad SMARTS) is 2. The average molecular weight is 725 g/mol. The van der Waals surface area contributed by atoms with Gasteiger partial charge in [-0.1, -0.05) is 0 Å². The number of carbonyl (C=O) groups excluding carboxylic acids is 3. The molecule has 0 aromatic heterocycles. The molecule has 0 heterocycles. The van der Waals surface area contributed by atoms with E-state index in [0.717, 1.165) is 0 Å². The summed E-state index contributed by atoms with van der Waals surface area (Å²) in [5.74, 6) is -6.64. The van der Waals surface area contributed by atoms with Gasteiger partial charge in [-0.2, -0.15) is 26.3 Å². The molecule has 0 aromatic rings. The molecular formula is C9H6F6Hg2O6. The Hall–Kier alpha value is -0.490. The summed E-state index contributed by atoms with van der Waals surface area (Å²) in [6.07, 6.45) is -8.36. The van der Waals surface area contributed by atoms with E-state index >= 15 is 0 Å². The number of hydrogen-bond donors (Lipinski definition) is 0. The summed E-state index contributed by atoms with van der Waals surface area (Å²) in [7, 11) is 0. The van der Waals surface area contributed by atoms with Gasteiger partial charge in [-0.3, -0.25) is 0 Å². The van der Waals surface area contributed by atoms with Crippen LogP contribution in [0.2, 0.25) is 0 Å². The molecule has 0 N–H and O–H groups in total. The van der Waals surface area contributed by atoms with Crippen LogP contribution in [0.4, 0.5) is 26.3 Å². The number of halogens is 6. The smallest absolute Gasteiger partial charge is 0.835 e. The Kier molecular flexibility index (Phi) is 22.2. The number of carboxylic acids is 2. The maximum Gasteiger partial charge on any atom is 1.00 e. The Morgan fingerprint density at radius 1 is 0.739 bits per heavy atom. The van der Waals surface area contributed by atoms with Crippen molar-refractivity contribution in [3.63, 3.8) is 0 Å². The molecule has 124 valence electrons. The molecule has 0 aromatic carbocycles. The summed E-state index contributed by atoms with van der Waals surface area (Å²) in [5, 5.41) is 27.5. The Balaban J connectivity index is -0.0000000675. The van der Waals surface area contributed by atoms with E-state index in [1.807, 2.05) is 6.08 Å². The fraction of sp³-hybridized carbons (Fsp3) is 0.444. The summed E-state index contributed by atoms with van der Waals surface area (Å²) in [4.78, 5) is 27.5. The van der Waals surface area contributed by atoms with Crippen LogP contribution >= 0.6 is 0 Å². The van der Waals surface area contributed by atoms with Crippen molar-refractivity contribution < 1.29 is 111 Å². The fourth-order valence-electron chi connectivity index (χ4n) is 0.248. The van der Waals surface area contributed by atoms with Gasteiger partial charge >= 0.3 is 73.5 Å². The number of Topliss-reactive ketones (excluding diaryl/α,β-unsaturated/α-hetero) is 1. The minimum Gasteiger partial charge on any atom is -0.835 e. The first-order chi connectivity index (χ1) is 9.01. The third-order valence-corrected chi connectivity index (χ3v) is 0.815. The maximum absolute atomic E-state index is 10.5. The monoisotopic (exact) mass is 728 g/mol. The molecule has 0 unspecified atom stereocenters. The molecule has 0 aliphatic heterocycles. The second-order valence-corrected chi connectivity index (χ2v) is 2.81. The Morgan fingerprint density at radius 2 is 0.913 bits per heavy atom. The van der Waals surface area contributed by atoms with Crippen molar-refractivity contribution in [3.8, 4) is 0 Å². The standard InChI is InChI=1S/C5H6O2.2C2HF3O2.2Hg/c1-4(6)3-5(2)7;2*3-2(4,5)1(6)7;;/h1-2H3;2*(H,6,7);;/q;;;2*+1/p-2. The molecule has 0 aliphatic rings. The number of ketones is 1. The largest absolute Gasteiger partial charge is 1.00 e. The molecule has 0 bridgehead atoms. The second-order valence-electron chi connectivity index (χ2n) is 2.81. The van der Waals surface area contributed by atoms with Gasteiger partial charge in [-0.05, 0) is 6.92 Å². The molecule has 0 atom stereocenters. The summed E-state index contributed by atoms with van der Waals surface area (Å²) >= 11 is 0. The van der Waals surface area contributed by atoms with Crippen molar-refractivity contribution in [1.82, 2.24) is 0 Å². The van der Waals surface area contributed by atoms with E-state index in [4.69, 9.17) is 19.8 Å². The van der Waals surface area contributed by atoms with Gasteiger partial charge in [0.05, 0.1) is 6.92 Å². The first-order valence-corrected chi connectivity index (χ1v) is 4.36. The zero-order chi connectivity index (χ0) is 18.0. The second kappa shape index (κ2) is 15.1. The molecule has 0 amide bonds. The van der Waals surface area contributed by atoms with Crippen molar-refractivity contribution in [1.29, 1.82) is 0 Å². The van der Waals surface area contributed by atoms with Crippen LogP contribution in [-0.2, 0) is 69.7 Å². The van der Waals surface area contributed by atoms with Crippen molar-refractivity contribution >= 4 is 17.7 Å². The van der Waals surface area contributed by atoms with Gasteiger partial charge < -0.3 is 24.9 Å². The van der Waals surface area contributed by atoms with E-state index in [-0.39, 0.29) is 66.9 Å². The van der Waals surface area contributed by atoms with Gasteiger partial charge in [0.1, 0.15) is 17.7 Å². The number of alkyl halides is 6. The molecule has 0 saturated carbocycles. The van der Waals surface area contributed by atoms with E-state index in [1.165, 1.54) is 13.8 Å². The van der Waals surface area contributed by atoms with Crippen LogP contribution in [0.1, 0.15) is 13.8 Å². The summed E-state index contributed by atoms with van der Waals surface area (Å²) in [6, 6.07) is 0. The Labute approximate surface area is 166 Å². The summed E-state index contributed by atoms with van der Waals surface area (Å²) in [6.45, 7) is 2.59. The normalized spacial score (nSPS) is 10.0. The molecule has 0 spiro atoms. The van der Waals surface area contributed by atoms with Crippen LogP contribution in [0.15, 0.2) is 5.76 Å². The number of allylic oxidation sites excluding steroid dienone is 2. The zero-order valence-electron chi connectivity index (χ0n) is 11.6. The van der Waals surface area contributed by atoms with Gasteiger partial charge in [0.15, 0.2) is 0 Å². The number of rotatable bonds is 1. The van der Waals surface area contributed by atoms with Gasteiger partial charge in [-0.25, -0.2) is 4.79 Å². The third kappa shape index (κ3) is 34.0. The predicted molar refractivity (Wildman–Crippen MR) is 45.2 cm³/mol. The van der Waals surface area contributed by atoms with Crippen molar-refractivity contribution in [3.05, 3.63) is 11.8 Å². The molecule has 0 aliphatic carbocycles. The molecule has 0 fully saturated rings. The molecule has 2 radical (unpaired) electrons. The van der Waals surface area contributed by atoms with Gasteiger partial charge in [0.2, 0.25) is 0 Å². The van der Waals surface area contributed by atoms with Crippen molar-refractivity contribution in [2.75, 3.05) is 0 Å². The maximum atomic E-state index is 10.5. The van der Waals surface area contributed by atoms with Gasteiger partial charge in [0, 0.05) is 0 Å². The quantitative estimate of drug-likeness (QED) is 0.104. The van der Waals surface area contributed by atoms with E-state index < -0.39 is 24.3 Å².